The molecule has 0 spiro atoms. The molecule has 7 heteroatoms. The smallest absolute Gasteiger partial charge is 0.287 e. The predicted molar refractivity (Wildman–Crippen MR) is 73.8 cm³/mol. The molecule has 1 amide bonds. The van der Waals surface area contributed by atoms with Gasteiger partial charge in [0.2, 0.25) is 0 Å². The van der Waals surface area contributed by atoms with Crippen LogP contribution >= 0.6 is 11.6 Å². The Kier molecular flexibility index (Phi) is 4.57. The van der Waals surface area contributed by atoms with Crippen molar-refractivity contribution in [2.45, 2.75) is 37.8 Å². The molecular weight excluding hydrogens is 284 g/mol. The van der Waals surface area contributed by atoms with Crippen LogP contribution < -0.4 is 5.32 Å². The maximum absolute atomic E-state index is 12.0. The van der Waals surface area contributed by atoms with Gasteiger partial charge in [-0.25, -0.2) is 0 Å². The topological polar surface area (TPSA) is 92.5 Å². The Balaban J connectivity index is 2.02. The number of amides is 1. The second-order valence-corrected chi connectivity index (χ2v) is 5.31. The second-order valence-electron chi connectivity index (χ2n) is 4.90. The Morgan fingerprint density at radius 2 is 2.00 bits per heavy atom. The molecule has 0 heterocycles. The standard InChI is InChI=1S/C13H15ClN2O4/c14-11-7-8(1-6-12(11)16(19)20)13(18)15-9-2-4-10(17)5-3-9/h1,6-7,9-10,17H,2-5H2,(H,15,18). The zero-order valence-electron chi connectivity index (χ0n) is 10.7. The fourth-order valence-corrected chi connectivity index (χ4v) is 2.53. The number of nitrogens with zero attached hydrogens (tertiary/aromatic N) is 1. The summed E-state index contributed by atoms with van der Waals surface area (Å²) in [7, 11) is 0. The van der Waals surface area contributed by atoms with Gasteiger partial charge in [-0.15, -0.1) is 0 Å². The molecule has 0 bridgehead atoms. The van der Waals surface area contributed by atoms with Gasteiger partial charge in [-0.1, -0.05) is 11.6 Å². The third-order valence-corrected chi connectivity index (χ3v) is 3.74. The van der Waals surface area contributed by atoms with Crippen molar-refractivity contribution in [3.8, 4) is 0 Å². The van der Waals surface area contributed by atoms with E-state index in [0.717, 1.165) is 12.8 Å². The van der Waals surface area contributed by atoms with E-state index in [2.05, 4.69) is 5.32 Å². The van der Waals surface area contributed by atoms with E-state index >= 15 is 0 Å². The van der Waals surface area contributed by atoms with Gasteiger partial charge in [0.1, 0.15) is 5.02 Å². The summed E-state index contributed by atoms with van der Waals surface area (Å²) >= 11 is 5.78. The maximum Gasteiger partial charge on any atom is 0.287 e. The van der Waals surface area contributed by atoms with Crippen molar-refractivity contribution < 1.29 is 14.8 Å². The quantitative estimate of drug-likeness (QED) is 0.661. The van der Waals surface area contributed by atoms with Crippen LogP contribution in [-0.4, -0.2) is 28.1 Å². The van der Waals surface area contributed by atoms with Crippen molar-refractivity contribution in [1.29, 1.82) is 0 Å². The van der Waals surface area contributed by atoms with Gasteiger partial charge in [-0.3, -0.25) is 14.9 Å². The van der Waals surface area contributed by atoms with Gasteiger partial charge < -0.3 is 10.4 Å². The molecule has 1 fully saturated rings. The summed E-state index contributed by atoms with van der Waals surface area (Å²) in [4.78, 5) is 22.1. The van der Waals surface area contributed by atoms with E-state index in [9.17, 15) is 20.0 Å². The SMILES string of the molecule is O=C(NC1CCC(O)CC1)c1ccc([N+](=O)[O-])c(Cl)c1. The van der Waals surface area contributed by atoms with Crippen LogP contribution in [-0.2, 0) is 0 Å². The van der Waals surface area contributed by atoms with Crippen molar-refractivity contribution >= 4 is 23.2 Å². The molecule has 108 valence electrons. The summed E-state index contributed by atoms with van der Waals surface area (Å²) in [5.41, 5.74) is 0.0794. The lowest BCUT2D eigenvalue weighted by atomic mass is 9.93. The van der Waals surface area contributed by atoms with E-state index in [1.165, 1.54) is 18.2 Å². The highest BCUT2D eigenvalue weighted by Crippen LogP contribution is 2.25. The third-order valence-electron chi connectivity index (χ3n) is 3.44. The number of rotatable bonds is 3. The van der Waals surface area contributed by atoms with Crippen molar-refractivity contribution in [3.63, 3.8) is 0 Å². The third kappa shape index (κ3) is 3.46. The number of hydrogen-bond acceptors (Lipinski definition) is 4. The summed E-state index contributed by atoms with van der Waals surface area (Å²) in [6, 6.07) is 3.94. The van der Waals surface area contributed by atoms with E-state index in [-0.39, 0.29) is 28.8 Å². The molecule has 1 aliphatic rings. The van der Waals surface area contributed by atoms with Crippen LogP contribution in [0.1, 0.15) is 36.0 Å². The monoisotopic (exact) mass is 298 g/mol. The molecule has 1 aromatic carbocycles. The van der Waals surface area contributed by atoms with Crippen LogP contribution in [0.25, 0.3) is 0 Å². The first-order valence-corrected chi connectivity index (χ1v) is 6.78. The summed E-state index contributed by atoms with van der Waals surface area (Å²) in [6.07, 6.45) is 2.52. The summed E-state index contributed by atoms with van der Waals surface area (Å²) in [6.45, 7) is 0. The van der Waals surface area contributed by atoms with Crippen LogP contribution in [0.3, 0.4) is 0 Å². The zero-order valence-corrected chi connectivity index (χ0v) is 11.5. The molecule has 2 N–H and O–H groups in total. The molecule has 0 saturated heterocycles. The average molecular weight is 299 g/mol. The molecule has 1 saturated carbocycles. The van der Waals surface area contributed by atoms with Crippen molar-refractivity contribution in [3.05, 3.63) is 38.9 Å². The first-order chi connectivity index (χ1) is 9.47. The van der Waals surface area contributed by atoms with Gasteiger partial charge in [0, 0.05) is 17.7 Å². The van der Waals surface area contributed by atoms with E-state index in [0.29, 0.717) is 18.4 Å². The van der Waals surface area contributed by atoms with E-state index in [1.54, 1.807) is 0 Å². The van der Waals surface area contributed by atoms with Crippen molar-refractivity contribution in [2.24, 2.45) is 0 Å². The number of nitro benzene ring substituents is 1. The van der Waals surface area contributed by atoms with Gasteiger partial charge in [-0.2, -0.15) is 0 Å². The largest absolute Gasteiger partial charge is 0.393 e. The van der Waals surface area contributed by atoms with Gasteiger partial charge >= 0.3 is 0 Å². The lowest BCUT2D eigenvalue weighted by Gasteiger charge is -2.26. The highest BCUT2D eigenvalue weighted by Gasteiger charge is 2.22. The number of hydrogen-bond donors (Lipinski definition) is 2. The number of aliphatic hydroxyl groups excluding tert-OH is 1. The molecule has 2 rings (SSSR count). The minimum Gasteiger partial charge on any atom is -0.393 e. The average Bonchev–Trinajstić information content (AvgIpc) is 2.40. The first-order valence-electron chi connectivity index (χ1n) is 6.40. The molecule has 1 aliphatic carbocycles. The Morgan fingerprint density at radius 3 is 2.55 bits per heavy atom. The highest BCUT2D eigenvalue weighted by atomic mass is 35.5. The molecule has 0 unspecified atom stereocenters. The number of carbonyl (C=O) groups is 1. The lowest BCUT2D eigenvalue weighted by Crippen LogP contribution is -2.38. The summed E-state index contributed by atoms with van der Waals surface area (Å²) in [5.74, 6) is -0.303. The van der Waals surface area contributed by atoms with Crippen LogP contribution in [0, 0.1) is 10.1 Å². The Morgan fingerprint density at radius 1 is 1.35 bits per heavy atom. The minimum absolute atomic E-state index is 0.0277. The molecule has 0 atom stereocenters. The molecule has 6 nitrogen and oxygen atoms in total. The number of nitrogens with one attached hydrogen (secondary N) is 1. The fraction of sp³-hybridized carbons (Fsp3) is 0.462. The van der Waals surface area contributed by atoms with Gasteiger partial charge in [0.15, 0.2) is 0 Å². The molecule has 20 heavy (non-hydrogen) atoms. The zero-order chi connectivity index (χ0) is 14.7. The fourth-order valence-electron chi connectivity index (χ4n) is 2.29. The molecule has 0 radical (unpaired) electrons. The van der Waals surface area contributed by atoms with Crippen LogP contribution in [0.2, 0.25) is 5.02 Å². The number of carbonyl (C=O) groups excluding carboxylic acids is 1. The van der Waals surface area contributed by atoms with Crippen LogP contribution in [0.15, 0.2) is 18.2 Å². The highest BCUT2D eigenvalue weighted by molar-refractivity contribution is 6.33. The van der Waals surface area contributed by atoms with Crippen molar-refractivity contribution in [2.75, 3.05) is 0 Å². The maximum atomic E-state index is 12.0. The van der Waals surface area contributed by atoms with Crippen molar-refractivity contribution in [1.82, 2.24) is 5.32 Å². The van der Waals surface area contributed by atoms with Gasteiger partial charge in [-0.05, 0) is 37.8 Å². The number of aliphatic hydroxyl groups is 1. The lowest BCUT2D eigenvalue weighted by molar-refractivity contribution is -0.384. The van der Waals surface area contributed by atoms with Gasteiger partial charge in [0.05, 0.1) is 11.0 Å². The minimum atomic E-state index is -0.591. The predicted octanol–water partition coefficient (Wildman–Crippen LogP) is 2.28. The molecule has 0 aromatic heterocycles. The molecule has 1 aromatic rings. The van der Waals surface area contributed by atoms with E-state index in [4.69, 9.17) is 11.6 Å². The normalized spacial score (nSPS) is 22.3. The first kappa shape index (κ1) is 14.7. The Bertz CT molecular complexity index is 527. The van der Waals surface area contributed by atoms with E-state index in [1.807, 2.05) is 0 Å². The molecular formula is C13H15ClN2O4. The second kappa shape index (κ2) is 6.19. The number of nitro groups is 1. The van der Waals surface area contributed by atoms with Crippen LogP contribution in [0.4, 0.5) is 5.69 Å². The van der Waals surface area contributed by atoms with Crippen LogP contribution in [0.5, 0.6) is 0 Å². The molecule has 0 aliphatic heterocycles. The summed E-state index contributed by atoms with van der Waals surface area (Å²) < 4.78 is 0. The Hall–Kier alpha value is -1.66. The number of benzene rings is 1. The summed E-state index contributed by atoms with van der Waals surface area (Å²) in [5, 5.41) is 22.8. The van der Waals surface area contributed by atoms with Gasteiger partial charge in [0.25, 0.3) is 11.6 Å². The Labute approximate surface area is 120 Å². The number of halogens is 1. The van der Waals surface area contributed by atoms with E-state index < -0.39 is 4.92 Å².